The van der Waals surface area contributed by atoms with Crippen LogP contribution < -0.4 is 10.2 Å². The van der Waals surface area contributed by atoms with Crippen molar-refractivity contribution in [2.45, 2.75) is 37.4 Å². The van der Waals surface area contributed by atoms with E-state index in [0.29, 0.717) is 40.7 Å². The zero-order valence-electron chi connectivity index (χ0n) is 20.6. The number of anilines is 2. The molecule has 8 nitrogen and oxygen atoms in total. The van der Waals surface area contributed by atoms with Gasteiger partial charge < -0.3 is 9.47 Å². The van der Waals surface area contributed by atoms with E-state index in [2.05, 4.69) is 10.2 Å². The second-order valence-corrected chi connectivity index (χ2v) is 10.2. The first-order valence-corrected chi connectivity index (χ1v) is 12.4. The van der Waals surface area contributed by atoms with Crippen molar-refractivity contribution in [2.75, 3.05) is 16.8 Å². The molecule has 4 atom stereocenters. The molecule has 0 saturated carbocycles. The van der Waals surface area contributed by atoms with Gasteiger partial charge in [0.2, 0.25) is 11.8 Å². The summed E-state index contributed by atoms with van der Waals surface area (Å²) in [5.41, 5.74) is -0.418. The summed E-state index contributed by atoms with van der Waals surface area (Å²) in [6.07, 6.45) is 0.730. The van der Waals surface area contributed by atoms with Crippen LogP contribution in [-0.4, -0.2) is 35.7 Å². The van der Waals surface area contributed by atoms with E-state index in [9.17, 15) is 18.8 Å². The van der Waals surface area contributed by atoms with E-state index in [1.807, 2.05) is 31.2 Å². The van der Waals surface area contributed by atoms with Crippen LogP contribution >= 0.6 is 0 Å². The highest BCUT2D eigenvalue weighted by atomic mass is 19.1. The standard InChI is InChI=1S/C29H24FN3O5/c1-28-13-14-29(38-28,15-16-37-27(36)32-18-9-7-17(30)8-10-18)24-23(28)25(34)33(26(24)35)22-12-11-21(31-2)19-5-3-4-6-20(19)22/h3-12,23-24H,13-16H2,1H3,(H,32,36)/t23-,24+,28?,29?/m1/s1. The van der Waals surface area contributed by atoms with E-state index in [-0.39, 0.29) is 24.8 Å². The second kappa shape index (κ2) is 8.64. The number of hydrogen-bond donors (Lipinski definition) is 1. The van der Waals surface area contributed by atoms with E-state index in [1.54, 1.807) is 12.1 Å². The Morgan fingerprint density at radius 3 is 2.53 bits per heavy atom. The molecule has 2 bridgehead atoms. The third-order valence-electron chi connectivity index (χ3n) is 8.10. The van der Waals surface area contributed by atoms with Crippen molar-refractivity contribution >= 4 is 45.7 Å². The summed E-state index contributed by atoms with van der Waals surface area (Å²) in [5.74, 6) is -2.40. The molecule has 38 heavy (non-hydrogen) atoms. The van der Waals surface area contributed by atoms with Gasteiger partial charge in [-0.15, -0.1) is 0 Å². The van der Waals surface area contributed by atoms with E-state index in [0.717, 1.165) is 0 Å². The van der Waals surface area contributed by atoms with Gasteiger partial charge in [0.25, 0.3) is 0 Å². The maximum atomic E-state index is 13.9. The zero-order valence-corrected chi connectivity index (χ0v) is 20.6. The lowest BCUT2D eigenvalue weighted by Crippen LogP contribution is -2.43. The number of amides is 3. The third kappa shape index (κ3) is 3.56. The van der Waals surface area contributed by atoms with E-state index in [1.165, 1.54) is 29.2 Å². The Balaban J connectivity index is 1.24. The van der Waals surface area contributed by atoms with Crippen molar-refractivity contribution in [1.29, 1.82) is 0 Å². The average Bonchev–Trinajstić information content (AvgIpc) is 3.49. The Morgan fingerprint density at radius 1 is 1.08 bits per heavy atom. The van der Waals surface area contributed by atoms with Gasteiger partial charge in [-0.25, -0.2) is 18.9 Å². The van der Waals surface area contributed by atoms with Crippen LogP contribution in [0.2, 0.25) is 0 Å². The highest BCUT2D eigenvalue weighted by molar-refractivity contribution is 6.26. The molecule has 2 unspecified atom stereocenters. The lowest BCUT2D eigenvalue weighted by atomic mass is 9.67. The van der Waals surface area contributed by atoms with Gasteiger partial charge in [-0.2, -0.15) is 0 Å². The maximum absolute atomic E-state index is 13.9. The van der Waals surface area contributed by atoms with Crippen LogP contribution in [0, 0.1) is 24.2 Å². The quantitative estimate of drug-likeness (QED) is 0.355. The molecular weight excluding hydrogens is 489 g/mol. The highest BCUT2D eigenvalue weighted by Gasteiger charge is 2.73. The molecule has 3 fully saturated rings. The number of ether oxygens (including phenoxy) is 2. The monoisotopic (exact) mass is 513 g/mol. The normalized spacial score (nSPS) is 27.4. The van der Waals surface area contributed by atoms with Crippen molar-refractivity contribution in [2.24, 2.45) is 11.8 Å². The molecule has 3 heterocycles. The summed E-state index contributed by atoms with van der Waals surface area (Å²) in [6, 6.07) is 15.9. The third-order valence-corrected chi connectivity index (χ3v) is 8.10. The van der Waals surface area contributed by atoms with Gasteiger partial charge in [-0.1, -0.05) is 30.3 Å². The zero-order chi connectivity index (χ0) is 26.7. The topological polar surface area (TPSA) is 89.3 Å². The van der Waals surface area contributed by atoms with Gasteiger partial charge in [-0.05, 0) is 60.9 Å². The van der Waals surface area contributed by atoms with Crippen LogP contribution in [-0.2, 0) is 19.1 Å². The van der Waals surface area contributed by atoms with Crippen molar-refractivity contribution in [3.05, 3.63) is 77.9 Å². The molecule has 9 heteroatoms. The van der Waals surface area contributed by atoms with E-state index in [4.69, 9.17) is 16.0 Å². The summed E-state index contributed by atoms with van der Waals surface area (Å²) in [7, 11) is 0. The lowest BCUT2D eigenvalue weighted by Gasteiger charge is -2.31. The number of carbonyl (C=O) groups excluding carboxylic acids is 3. The summed E-state index contributed by atoms with van der Waals surface area (Å²) in [5, 5.41) is 3.88. The Kier molecular flexibility index (Phi) is 5.47. The largest absolute Gasteiger partial charge is 0.449 e. The molecule has 0 radical (unpaired) electrons. The summed E-state index contributed by atoms with van der Waals surface area (Å²) in [4.78, 5) is 44.8. The highest BCUT2D eigenvalue weighted by Crippen LogP contribution is 2.62. The van der Waals surface area contributed by atoms with Gasteiger partial charge in [0.05, 0.1) is 41.9 Å². The fourth-order valence-corrected chi connectivity index (χ4v) is 6.41. The molecule has 192 valence electrons. The van der Waals surface area contributed by atoms with Gasteiger partial charge in [-0.3, -0.25) is 14.9 Å². The molecule has 3 amide bonds. The van der Waals surface area contributed by atoms with E-state index >= 15 is 0 Å². The second-order valence-electron chi connectivity index (χ2n) is 10.2. The Morgan fingerprint density at radius 2 is 1.79 bits per heavy atom. The molecule has 3 aliphatic rings. The SMILES string of the molecule is [C-]#[N+]c1ccc(N2C(=O)[C@@H]3[C@H](C2=O)C2(C)CCC3(CCOC(=O)Nc3ccc(F)cc3)O2)c2ccccc12. The lowest BCUT2D eigenvalue weighted by molar-refractivity contribution is -0.131. The smallest absolute Gasteiger partial charge is 0.411 e. The maximum Gasteiger partial charge on any atom is 0.411 e. The molecule has 3 aliphatic heterocycles. The predicted octanol–water partition coefficient (Wildman–Crippen LogP) is 5.60. The Labute approximate surface area is 218 Å². The fraction of sp³-hybridized carbons (Fsp3) is 0.310. The van der Waals surface area contributed by atoms with Crippen LogP contribution in [0.3, 0.4) is 0 Å². The summed E-state index contributed by atoms with van der Waals surface area (Å²) in [6.45, 7) is 9.33. The number of carbonyl (C=O) groups is 3. The van der Waals surface area contributed by atoms with Crippen molar-refractivity contribution in [1.82, 2.24) is 0 Å². The van der Waals surface area contributed by atoms with Gasteiger partial charge in [0.1, 0.15) is 5.82 Å². The molecule has 0 aliphatic carbocycles. The minimum Gasteiger partial charge on any atom is -0.449 e. The van der Waals surface area contributed by atoms with Gasteiger partial charge in [0.15, 0.2) is 5.69 Å². The molecule has 6 rings (SSSR count). The number of rotatable bonds is 5. The average molecular weight is 514 g/mol. The predicted molar refractivity (Wildman–Crippen MR) is 137 cm³/mol. The molecular formula is C29H24FN3O5. The number of imide groups is 1. The molecule has 3 aromatic rings. The first kappa shape index (κ1) is 24.1. The number of fused-ring (bicyclic) bond motifs is 6. The molecule has 3 saturated heterocycles. The number of halogens is 1. The summed E-state index contributed by atoms with van der Waals surface area (Å²) >= 11 is 0. The minimum atomic E-state index is -0.927. The molecule has 1 N–H and O–H groups in total. The van der Waals surface area contributed by atoms with Gasteiger partial charge in [0, 0.05) is 12.1 Å². The number of benzene rings is 3. The number of hydrogen-bond acceptors (Lipinski definition) is 5. The van der Waals surface area contributed by atoms with Crippen molar-refractivity contribution in [3.8, 4) is 0 Å². The van der Waals surface area contributed by atoms with Crippen molar-refractivity contribution < 1.29 is 28.2 Å². The van der Waals surface area contributed by atoms with Crippen LogP contribution in [0.5, 0.6) is 0 Å². The molecule has 0 spiro atoms. The van der Waals surface area contributed by atoms with Crippen LogP contribution in [0.25, 0.3) is 15.6 Å². The minimum absolute atomic E-state index is 0.0174. The first-order chi connectivity index (χ1) is 18.3. The van der Waals surface area contributed by atoms with Crippen molar-refractivity contribution in [3.63, 3.8) is 0 Å². The van der Waals surface area contributed by atoms with Crippen LogP contribution in [0.1, 0.15) is 26.2 Å². The number of nitrogens with zero attached hydrogens (tertiary/aromatic N) is 2. The summed E-state index contributed by atoms with van der Waals surface area (Å²) < 4.78 is 24.9. The number of nitrogens with one attached hydrogen (secondary N) is 1. The fourth-order valence-electron chi connectivity index (χ4n) is 6.41. The molecule has 3 aromatic carbocycles. The Bertz CT molecular complexity index is 1530. The van der Waals surface area contributed by atoms with Gasteiger partial charge >= 0.3 is 6.09 Å². The first-order valence-electron chi connectivity index (χ1n) is 12.4. The van der Waals surface area contributed by atoms with Crippen LogP contribution in [0.4, 0.5) is 26.2 Å². The molecule has 0 aromatic heterocycles. The van der Waals surface area contributed by atoms with E-state index < -0.39 is 34.9 Å². The Hall–Kier alpha value is -4.29. The van der Waals surface area contributed by atoms with Crippen LogP contribution in [0.15, 0.2) is 60.7 Å².